The number of likely N-dealkylation sites (N-methyl/N-ethyl adjacent to an activating group) is 1. The predicted octanol–water partition coefficient (Wildman–Crippen LogP) is 1.78. The smallest absolute Gasteiger partial charge is 0.143 e. The second kappa shape index (κ2) is 5.27. The van der Waals surface area contributed by atoms with Gasteiger partial charge in [-0.25, -0.2) is 0 Å². The van der Waals surface area contributed by atoms with E-state index in [2.05, 4.69) is 17.3 Å². The molecule has 0 atom stereocenters. The van der Waals surface area contributed by atoms with Crippen molar-refractivity contribution in [3.05, 3.63) is 18.2 Å². The molecule has 1 aromatic rings. The first kappa shape index (κ1) is 12.0. The molecule has 94 valence electrons. The highest BCUT2D eigenvalue weighted by Gasteiger charge is 2.25. The highest BCUT2D eigenvalue weighted by molar-refractivity contribution is 5.72. The number of nitrogens with zero attached hydrogens (tertiary/aromatic N) is 1. The van der Waals surface area contributed by atoms with Gasteiger partial charge in [-0.2, -0.15) is 0 Å². The number of nitrogens with one attached hydrogen (secondary N) is 1. The summed E-state index contributed by atoms with van der Waals surface area (Å²) in [6.07, 6.45) is 2.69. The van der Waals surface area contributed by atoms with Crippen LogP contribution in [0.1, 0.15) is 12.8 Å². The maximum Gasteiger partial charge on any atom is 0.143 e. The summed E-state index contributed by atoms with van der Waals surface area (Å²) < 4.78 is 5.19. The van der Waals surface area contributed by atoms with E-state index in [-0.39, 0.29) is 0 Å². The van der Waals surface area contributed by atoms with E-state index in [0.29, 0.717) is 5.69 Å². The number of benzene rings is 1. The van der Waals surface area contributed by atoms with Crippen molar-refractivity contribution in [3.63, 3.8) is 0 Å². The lowest BCUT2D eigenvalue weighted by Gasteiger charge is -2.17. The van der Waals surface area contributed by atoms with Crippen molar-refractivity contribution >= 4 is 11.4 Å². The number of hydrogen-bond acceptors (Lipinski definition) is 4. The Bertz CT molecular complexity index is 377. The average Bonchev–Trinajstić information content (AvgIpc) is 3.15. The van der Waals surface area contributed by atoms with Crippen LogP contribution in [0.2, 0.25) is 0 Å². The van der Waals surface area contributed by atoms with Crippen molar-refractivity contribution in [2.75, 3.05) is 38.3 Å². The van der Waals surface area contributed by atoms with Crippen LogP contribution in [0.25, 0.3) is 0 Å². The third-order valence-electron chi connectivity index (χ3n) is 3.24. The first-order valence-electron chi connectivity index (χ1n) is 6.09. The molecule has 4 nitrogen and oxygen atoms in total. The Morgan fingerprint density at radius 3 is 2.88 bits per heavy atom. The van der Waals surface area contributed by atoms with Crippen LogP contribution in [0, 0.1) is 0 Å². The van der Waals surface area contributed by atoms with Crippen molar-refractivity contribution in [2.45, 2.75) is 18.9 Å². The van der Waals surface area contributed by atoms with E-state index in [4.69, 9.17) is 10.5 Å². The number of anilines is 2. The Balaban J connectivity index is 1.85. The normalized spacial score (nSPS) is 15.0. The lowest BCUT2D eigenvalue weighted by Crippen LogP contribution is -2.27. The van der Waals surface area contributed by atoms with Crippen molar-refractivity contribution in [1.82, 2.24) is 4.90 Å². The van der Waals surface area contributed by atoms with Gasteiger partial charge in [0.1, 0.15) is 5.75 Å². The van der Waals surface area contributed by atoms with Gasteiger partial charge in [0.25, 0.3) is 0 Å². The second-order valence-corrected chi connectivity index (χ2v) is 4.56. The largest absolute Gasteiger partial charge is 0.495 e. The second-order valence-electron chi connectivity index (χ2n) is 4.56. The molecule has 0 bridgehead atoms. The van der Waals surface area contributed by atoms with Gasteiger partial charge in [-0.3, -0.25) is 0 Å². The molecular formula is C13H21N3O. The van der Waals surface area contributed by atoms with Crippen LogP contribution < -0.4 is 15.8 Å². The molecule has 1 aromatic carbocycles. The van der Waals surface area contributed by atoms with E-state index in [9.17, 15) is 0 Å². The van der Waals surface area contributed by atoms with Crippen LogP contribution in [0.5, 0.6) is 5.75 Å². The number of nitrogens with two attached hydrogens (primary N) is 1. The minimum atomic E-state index is 0.684. The Labute approximate surface area is 103 Å². The number of rotatable bonds is 6. The maximum absolute atomic E-state index is 5.98. The molecular weight excluding hydrogens is 214 g/mol. The van der Waals surface area contributed by atoms with E-state index >= 15 is 0 Å². The third kappa shape index (κ3) is 3.03. The van der Waals surface area contributed by atoms with Crippen LogP contribution >= 0.6 is 0 Å². The Morgan fingerprint density at radius 1 is 1.47 bits per heavy atom. The van der Waals surface area contributed by atoms with Crippen molar-refractivity contribution < 1.29 is 4.74 Å². The summed E-state index contributed by atoms with van der Waals surface area (Å²) in [6, 6.07) is 6.60. The minimum absolute atomic E-state index is 0.684. The molecule has 2 rings (SSSR count). The van der Waals surface area contributed by atoms with Gasteiger partial charge in [0.05, 0.1) is 18.5 Å². The summed E-state index contributed by atoms with van der Waals surface area (Å²) in [5, 5.41) is 3.35. The molecule has 0 heterocycles. The van der Waals surface area contributed by atoms with Gasteiger partial charge in [-0.15, -0.1) is 0 Å². The summed E-state index contributed by atoms with van der Waals surface area (Å²) in [5.41, 5.74) is 7.62. The molecule has 0 radical (unpaired) electrons. The molecule has 1 aliphatic rings. The molecule has 4 heteroatoms. The standard InChI is InChI=1S/C13H21N3O/c1-16(10-6-7-10)9-8-15-11-4-3-5-12(17-2)13(11)14/h3-5,10,15H,6-9,14H2,1-2H3. The minimum Gasteiger partial charge on any atom is -0.495 e. The van der Waals surface area contributed by atoms with Crippen LogP contribution in [-0.4, -0.2) is 38.2 Å². The number of nitrogen functional groups attached to an aromatic ring is 1. The van der Waals surface area contributed by atoms with Gasteiger partial charge in [-0.1, -0.05) is 6.07 Å². The van der Waals surface area contributed by atoms with E-state index in [1.165, 1.54) is 12.8 Å². The highest BCUT2D eigenvalue weighted by Crippen LogP contribution is 2.29. The predicted molar refractivity (Wildman–Crippen MR) is 71.5 cm³/mol. The summed E-state index contributed by atoms with van der Waals surface area (Å²) >= 11 is 0. The first-order chi connectivity index (χ1) is 8.22. The average molecular weight is 235 g/mol. The highest BCUT2D eigenvalue weighted by atomic mass is 16.5. The summed E-state index contributed by atoms with van der Waals surface area (Å²) in [4.78, 5) is 2.39. The fourth-order valence-corrected chi connectivity index (χ4v) is 1.94. The number of para-hydroxylation sites is 1. The summed E-state index contributed by atoms with van der Waals surface area (Å²) in [7, 11) is 3.81. The van der Waals surface area contributed by atoms with Crippen molar-refractivity contribution in [3.8, 4) is 5.75 Å². The molecule has 0 spiro atoms. The fourth-order valence-electron chi connectivity index (χ4n) is 1.94. The molecule has 1 saturated carbocycles. The lowest BCUT2D eigenvalue weighted by molar-refractivity contribution is 0.337. The van der Waals surface area contributed by atoms with Crippen LogP contribution in [-0.2, 0) is 0 Å². The van der Waals surface area contributed by atoms with Crippen molar-refractivity contribution in [1.29, 1.82) is 0 Å². The molecule has 0 aliphatic heterocycles. The van der Waals surface area contributed by atoms with Crippen LogP contribution in [0.15, 0.2) is 18.2 Å². The van der Waals surface area contributed by atoms with Gasteiger partial charge in [0.15, 0.2) is 0 Å². The Hall–Kier alpha value is -1.42. The van der Waals surface area contributed by atoms with Crippen LogP contribution in [0.3, 0.4) is 0 Å². The van der Waals surface area contributed by atoms with Gasteiger partial charge < -0.3 is 20.7 Å². The molecule has 3 N–H and O–H groups in total. The molecule has 17 heavy (non-hydrogen) atoms. The summed E-state index contributed by atoms with van der Waals surface area (Å²) in [6.45, 7) is 1.95. The molecule has 1 aliphatic carbocycles. The molecule has 0 aromatic heterocycles. The zero-order valence-corrected chi connectivity index (χ0v) is 10.6. The van der Waals surface area contributed by atoms with Crippen LogP contribution in [0.4, 0.5) is 11.4 Å². The zero-order valence-electron chi connectivity index (χ0n) is 10.6. The van der Waals surface area contributed by atoms with E-state index in [1.54, 1.807) is 7.11 Å². The van der Waals surface area contributed by atoms with Gasteiger partial charge >= 0.3 is 0 Å². The third-order valence-corrected chi connectivity index (χ3v) is 3.24. The lowest BCUT2D eigenvalue weighted by atomic mass is 10.2. The quantitative estimate of drug-likeness (QED) is 0.738. The zero-order chi connectivity index (χ0) is 12.3. The van der Waals surface area contributed by atoms with Gasteiger partial charge in [-0.05, 0) is 32.0 Å². The van der Waals surface area contributed by atoms with E-state index in [0.717, 1.165) is 30.6 Å². The number of methoxy groups -OCH3 is 1. The first-order valence-corrected chi connectivity index (χ1v) is 6.09. The fraction of sp³-hybridized carbons (Fsp3) is 0.538. The molecule has 0 unspecified atom stereocenters. The topological polar surface area (TPSA) is 50.5 Å². The van der Waals surface area contributed by atoms with Crippen molar-refractivity contribution in [2.24, 2.45) is 0 Å². The van der Waals surface area contributed by atoms with E-state index in [1.807, 2.05) is 18.2 Å². The molecule has 0 saturated heterocycles. The Morgan fingerprint density at radius 2 is 2.24 bits per heavy atom. The molecule has 1 fully saturated rings. The van der Waals surface area contributed by atoms with E-state index < -0.39 is 0 Å². The summed E-state index contributed by atoms with van der Waals surface area (Å²) in [5.74, 6) is 0.727. The molecule has 0 amide bonds. The van der Waals surface area contributed by atoms with Gasteiger partial charge in [0, 0.05) is 19.1 Å². The monoisotopic (exact) mass is 235 g/mol. The number of ether oxygens (including phenoxy) is 1. The SMILES string of the molecule is COc1cccc(NCCN(C)C2CC2)c1N. The van der Waals surface area contributed by atoms with Gasteiger partial charge in [0.2, 0.25) is 0 Å². The Kier molecular flexibility index (Phi) is 3.74. The maximum atomic E-state index is 5.98. The number of hydrogen-bond donors (Lipinski definition) is 2.